The molecule has 1 aromatic carbocycles. The average molecular weight is 156 g/mol. The van der Waals surface area contributed by atoms with Gasteiger partial charge in [0.25, 0.3) is 0 Å². The number of benzene rings is 1. The third-order valence-corrected chi connectivity index (χ3v) is 2.01. The van der Waals surface area contributed by atoms with Crippen molar-refractivity contribution >= 4 is 29.0 Å². The normalized spacial score (nSPS) is 9.00. The second-order valence-corrected chi connectivity index (χ2v) is 3.20. The number of hydrogen-bond acceptors (Lipinski definition) is 1. The minimum absolute atomic E-state index is 0.629. The largest absolute Gasteiger partial charge is 0.302 e. The van der Waals surface area contributed by atoms with Crippen LogP contribution in [0.25, 0.3) is 0 Å². The van der Waals surface area contributed by atoms with Crippen molar-refractivity contribution in [2.45, 2.75) is 4.90 Å². The van der Waals surface area contributed by atoms with Crippen LogP contribution in [0, 0.1) is 0 Å². The van der Waals surface area contributed by atoms with E-state index in [2.05, 4.69) is 0 Å². The van der Waals surface area contributed by atoms with Crippen molar-refractivity contribution in [1.82, 2.24) is 0 Å². The van der Waals surface area contributed by atoms with Gasteiger partial charge in [-0.25, -0.2) is 0 Å². The Morgan fingerprint density at radius 3 is 2.44 bits per heavy atom. The lowest BCUT2D eigenvalue weighted by Crippen LogP contribution is -1.69. The van der Waals surface area contributed by atoms with Crippen LogP contribution >= 0.6 is 23.1 Å². The van der Waals surface area contributed by atoms with Gasteiger partial charge in [-0.15, -0.1) is 0 Å². The zero-order chi connectivity index (χ0) is 6.53. The molecule has 1 aromatic rings. The third-order valence-electron chi connectivity index (χ3n) is 0.964. The molecule has 0 N–H and O–H groups in total. The molecule has 0 saturated carbocycles. The fourth-order valence-electron chi connectivity index (χ4n) is 0.580. The summed E-state index contributed by atoms with van der Waals surface area (Å²) in [6.07, 6.45) is 0. The molecule has 9 heavy (non-hydrogen) atoms. The van der Waals surface area contributed by atoms with Gasteiger partial charge in [0.1, 0.15) is 0 Å². The highest BCUT2D eigenvalue weighted by molar-refractivity contribution is 8.26. The van der Waals surface area contributed by atoms with Gasteiger partial charge in [-0.3, -0.25) is 0 Å². The van der Waals surface area contributed by atoms with E-state index in [1.54, 1.807) is 11.6 Å². The SMILES string of the molecule is ClBSc1ccccc1. The Morgan fingerprint density at radius 1 is 1.22 bits per heavy atom. The van der Waals surface area contributed by atoms with E-state index in [1.807, 2.05) is 30.3 Å². The smallest absolute Gasteiger partial charge is 0.184 e. The lowest BCUT2D eigenvalue weighted by molar-refractivity contribution is 1.48. The van der Waals surface area contributed by atoms with Gasteiger partial charge >= 0.3 is 5.97 Å². The monoisotopic (exact) mass is 156 g/mol. The molecule has 0 aromatic heterocycles. The zero-order valence-electron chi connectivity index (χ0n) is 4.88. The lowest BCUT2D eigenvalue weighted by Gasteiger charge is -1.91. The quantitative estimate of drug-likeness (QED) is 0.592. The Morgan fingerprint density at radius 2 is 1.89 bits per heavy atom. The van der Waals surface area contributed by atoms with Crippen LogP contribution in [0.1, 0.15) is 0 Å². The molecule has 0 atom stereocenters. The standard InChI is InChI=1S/C6H6BClS/c8-7-9-6-4-2-1-3-5-6/h1-5,7H. The molecule has 0 nitrogen and oxygen atoms in total. The topological polar surface area (TPSA) is 0 Å². The van der Waals surface area contributed by atoms with Gasteiger partial charge in [-0.2, -0.15) is 23.1 Å². The molecule has 0 unspecified atom stereocenters. The molecule has 3 heteroatoms. The van der Waals surface area contributed by atoms with Crippen LogP contribution < -0.4 is 0 Å². The summed E-state index contributed by atoms with van der Waals surface area (Å²) in [7, 11) is 0. The van der Waals surface area contributed by atoms with Crippen molar-refractivity contribution in [3.63, 3.8) is 0 Å². The third kappa shape index (κ3) is 2.33. The second-order valence-electron chi connectivity index (χ2n) is 1.57. The van der Waals surface area contributed by atoms with Crippen molar-refractivity contribution in [1.29, 1.82) is 0 Å². The van der Waals surface area contributed by atoms with E-state index in [1.165, 1.54) is 4.90 Å². The van der Waals surface area contributed by atoms with Crippen LogP contribution in [-0.2, 0) is 0 Å². The molecule has 0 aliphatic carbocycles. The summed E-state index contributed by atoms with van der Waals surface area (Å²) in [5.74, 6) is 0.629. The van der Waals surface area contributed by atoms with E-state index in [4.69, 9.17) is 11.5 Å². The van der Waals surface area contributed by atoms with Crippen LogP contribution in [0.3, 0.4) is 0 Å². The minimum atomic E-state index is 0.629. The van der Waals surface area contributed by atoms with Gasteiger partial charge in [0, 0.05) is 0 Å². The maximum Gasteiger partial charge on any atom is 0.302 e. The molecule has 0 saturated heterocycles. The maximum atomic E-state index is 5.50. The van der Waals surface area contributed by atoms with Gasteiger partial charge in [0.15, 0.2) is 0 Å². The summed E-state index contributed by atoms with van der Waals surface area (Å²) in [6.45, 7) is 0. The van der Waals surface area contributed by atoms with Gasteiger partial charge in [-0.1, -0.05) is 18.2 Å². The molecular weight excluding hydrogens is 150 g/mol. The number of rotatable bonds is 2. The Labute approximate surface area is 64.7 Å². The predicted molar refractivity (Wildman–Crippen MR) is 45.3 cm³/mol. The summed E-state index contributed by atoms with van der Waals surface area (Å²) in [5.41, 5.74) is 0. The summed E-state index contributed by atoms with van der Waals surface area (Å²) in [4.78, 5) is 1.23. The van der Waals surface area contributed by atoms with Crippen molar-refractivity contribution < 1.29 is 0 Å². The first-order valence-electron chi connectivity index (χ1n) is 2.67. The van der Waals surface area contributed by atoms with Crippen LogP contribution in [0.2, 0.25) is 0 Å². The highest BCUT2D eigenvalue weighted by atomic mass is 35.5. The van der Waals surface area contributed by atoms with E-state index in [9.17, 15) is 0 Å². The zero-order valence-corrected chi connectivity index (χ0v) is 6.45. The predicted octanol–water partition coefficient (Wildman–Crippen LogP) is 2.28. The van der Waals surface area contributed by atoms with Crippen molar-refractivity contribution in [3.05, 3.63) is 30.3 Å². The van der Waals surface area contributed by atoms with Crippen LogP contribution in [-0.4, -0.2) is 5.97 Å². The Kier molecular flexibility index (Phi) is 3.02. The maximum absolute atomic E-state index is 5.50. The molecule has 0 fully saturated rings. The molecule has 0 spiro atoms. The van der Waals surface area contributed by atoms with Crippen molar-refractivity contribution in [2.75, 3.05) is 0 Å². The van der Waals surface area contributed by atoms with Crippen molar-refractivity contribution in [2.24, 2.45) is 0 Å². The highest BCUT2D eigenvalue weighted by Gasteiger charge is 1.87. The molecule has 0 radical (unpaired) electrons. The molecule has 46 valence electrons. The molecule has 0 aliphatic rings. The first-order chi connectivity index (χ1) is 4.43. The molecule has 0 heterocycles. The van der Waals surface area contributed by atoms with Crippen molar-refractivity contribution in [3.8, 4) is 0 Å². The van der Waals surface area contributed by atoms with Gasteiger partial charge < -0.3 is 0 Å². The Bertz CT molecular complexity index is 166. The second kappa shape index (κ2) is 3.86. The summed E-state index contributed by atoms with van der Waals surface area (Å²) in [5, 5.41) is 0. The first-order valence-corrected chi connectivity index (χ1v) is 4.19. The first kappa shape index (κ1) is 7.04. The summed E-state index contributed by atoms with van der Waals surface area (Å²) >= 11 is 7.14. The van der Waals surface area contributed by atoms with E-state index in [0.717, 1.165) is 0 Å². The van der Waals surface area contributed by atoms with Crippen LogP contribution in [0.4, 0.5) is 0 Å². The summed E-state index contributed by atoms with van der Waals surface area (Å²) in [6, 6.07) is 10.1. The van der Waals surface area contributed by atoms with Gasteiger partial charge in [-0.05, 0) is 17.0 Å². The van der Waals surface area contributed by atoms with E-state index in [0.29, 0.717) is 5.97 Å². The van der Waals surface area contributed by atoms with Gasteiger partial charge in [0.05, 0.1) is 0 Å². The highest BCUT2D eigenvalue weighted by Crippen LogP contribution is 2.15. The molecule has 0 amide bonds. The Balaban J connectivity index is 2.61. The van der Waals surface area contributed by atoms with E-state index in [-0.39, 0.29) is 0 Å². The average Bonchev–Trinajstić information content (AvgIpc) is 1.91. The molecule has 0 bridgehead atoms. The fraction of sp³-hybridized carbons (Fsp3) is 0. The van der Waals surface area contributed by atoms with E-state index < -0.39 is 0 Å². The fourth-order valence-corrected chi connectivity index (χ4v) is 1.43. The van der Waals surface area contributed by atoms with Crippen LogP contribution in [0.5, 0.6) is 0 Å². The minimum Gasteiger partial charge on any atom is -0.184 e. The number of halogens is 1. The Hall–Kier alpha value is -0.0751. The van der Waals surface area contributed by atoms with Gasteiger partial charge in [0.2, 0.25) is 0 Å². The van der Waals surface area contributed by atoms with Crippen LogP contribution in [0.15, 0.2) is 35.2 Å². The number of hydrogen-bond donors (Lipinski definition) is 0. The van der Waals surface area contributed by atoms with E-state index >= 15 is 0 Å². The molecule has 0 aliphatic heterocycles. The molecule has 1 rings (SSSR count). The molecular formula is C6H6BClS. The summed E-state index contributed by atoms with van der Waals surface area (Å²) < 4.78 is 0. The lowest BCUT2D eigenvalue weighted by atomic mass is 10.4.